The van der Waals surface area contributed by atoms with Crippen LogP contribution in [0.1, 0.15) is 43.7 Å². The molecule has 5 rings (SSSR count). The average Bonchev–Trinajstić information content (AvgIpc) is 3.11. The number of carbonyl (C=O) groups excluding carboxylic acids is 2. The fourth-order valence-corrected chi connectivity index (χ4v) is 5.70. The predicted octanol–water partition coefficient (Wildman–Crippen LogP) is 2.84. The first-order valence-corrected chi connectivity index (χ1v) is 11.2. The molecule has 5 unspecified atom stereocenters. The second-order valence-corrected chi connectivity index (χ2v) is 9.31. The molecular weight excluding hydrogens is 392 g/mol. The van der Waals surface area contributed by atoms with Crippen molar-refractivity contribution < 1.29 is 14.3 Å². The summed E-state index contributed by atoms with van der Waals surface area (Å²) < 4.78 is 5.50. The number of H-pyrrole nitrogens is 1. The molecule has 1 aromatic carbocycles. The number of amides is 2. The van der Waals surface area contributed by atoms with Crippen molar-refractivity contribution in [1.29, 1.82) is 5.26 Å². The second-order valence-electron chi connectivity index (χ2n) is 9.31. The number of ether oxygens (including phenoxy) is 1. The lowest BCUT2D eigenvalue weighted by Gasteiger charge is -2.25. The van der Waals surface area contributed by atoms with Crippen LogP contribution in [-0.4, -0.2) is 36.5 Å². The molecule has 162 valence electrons. The van der Waals surface area contributed by atoms with Gasteiger partial charge in [0.05, 0.1) is 19.1 Å². The van der Waals surface area contributed by atoms with Crippen molar-refractivity contribution in [2.75, 3.05) is 13.7 Å². The van der Waals surface area contributed by atoms with Crippen molar-refractivity contribution in [1.82, 2.24) is 15.6 Å². The van der Waals surface area contributed by atoms with Crippen LogP contribution >= 0.6 is 0 Å². The molecular formula is C24H28N4O3. The Morgan fingerprint density at radius 2 is 2.13 bits per heavy atom. The van der Waals surface area contributed by atoms with Gasteiger partial charge in [0, 0.05) is 29.1 Å². The summed E-state index contributed by atoms with van der Waals surface area (Å²) in [5.74, 6) is 1.83. The number of nitrogens with one attached hydrogen (secondary N) is 3. The topological polar surface area (TPSA) is 107 Å². The molecule has 2 amide bonds. The third kappa shape index (κ3) is 3.76. The second kappa shape index (κ2) is 7.92. The molecule has 1 aliphatic heterocycles. The van der Waals surface area contributed by atoms with E-state index < -0.39 is 6.04 Å². The molecule has 2 saturated carbocycles. The van der Waals surface area contributed by atoms with Gasteiger partial charge in [-0.25, -0.2) is 0 Å². The lowest BCUT2D eigenvalue weighted by Crippen LogP contribution is -2.41. The van der Waals surface area contributed by atoms with Crippen LogP contribution < -0.4 is 15.4 Å². The van der Waals surface area contributed by atoms with Gasteiger partial charge in [-0.1, -0.05) is 6.07 Å². The normalized spacial score (nSPS) is 28.5. The van der Waals surface area contributed by atoms with Crippen molar-refractivity contribution in [2.45, 2.75) is 44.1 Å². The van der Waals surface area contributed by atoms with Gasteiger partial charge in [0.2, 0.25) is 11.8 Å². The monoisotopic (exact) mass is 420 g/mol. The molecule has 5 atom stereocenters. The van der Waals surface area contributed by atoms with Gasteiger partial charge in [-0.2, -0.15) is 5.26 Å². The number of hydrogen-bond donors (Lipinski definition) is 3. The molecule has 0 radical (unpaired) electrons. The Bertz CT molecular complexity index is 1040. The summed E-state index contributed by atoms with van der Waals surface area (Å²) in [7, 11) is 1.65. The van der Waals surface area contributed by atoms with Crippen LogP contribution in [0.5, 0.6) is 5.75 Å². The molecule has 7 heteroatoms. The fourth-order valence-electron chi connectivity index (χ4n) is 5.70. The first-order chi connectivity index (χ1) is 15.1. The fraction of sp³-hybridized carbons (Fsp3) is 0.542. The van der Waals surface area contributed by atoms with Gasteiger partial charge < -0.3 is 20.4 Å². The number of nitrogens with zero attached hydrogens (tertiary/aromatic N) is 1. The first-order valence-electron chi connectivity index (χ1n) is 11.2. The van der Waals surface area contributed by atoms with Crippen LogP contribution in [-0.2, 0) is 9.59 Å². The molecule has 31 heavy (non-hydrogen) atoms. The number of aromatic nitrogens is 1. The van der Waals surface area contributed by atoms with Crippen LogP contribution in [0, 0.1) is 35.0 Å². The zero-order valence-electron chi connectivity index (χ0n) is 17.7. The summed E-state index contributed by atoms with van der Waals surface area (Å²) >= 11 is 0. The number of methoxy groups -OCH3 is 1. The highest BCUT2D eigenvalue weighted by Crippen LogP contribution is 2.57. The molecule has 0 spiro atoms. The largest absolute Gasteiger partial charge is 0.496 e. The molecule has 2 aromatic rings. The van der Waals surface area contributed by atoms with Crippen LogP contribution in [0.2, 0.25) is 0 Å². The van der Waals surface area contributed by atoms with Crippen molar-refractivity contribution in [3.05, 3.63) is 30.0 Å². The third-order valence-electron chi connectivity index (χ3n) is 7.39. The number of fused-ring (bicyclic) bond motifs is 2. The van der Waals surface area contributed by atoms with E-state index in [1.165, 1.54) is 6.42 Å². The van der Waals surface area contributed by atoms with Crippen LogP contribution in [0.15, 0.2) is 24.3 Å². The Kier molecular flexibility index (Phi) is 5.09. The SMILES string of the molecule is COc1cccc2[nH]c(C(C(=O)NC(C#N)CC3CCNC3=O)C3CC4CC4C3)cc12. The smallest absolute Gasteiger partial charge is 0.230 e. The highest BCUT2D eigenvalue weighted by molar-refractivity contribution is 5.90. The molecule has 1 aromatic heterocycles. The van der Waals surface area contributed by atoms with E-state index in [4.69, 9.17) is 4.74 Å². The summed E-state index contributed by atoms with van der Waals surface area (Å²) in [4.78, 5) is 28.9. The van der Waals surface area contributed by atoms with Gasteiger partial charge >= 0.3 is 0 Å². The Morgan fingerprint density at radius 3 is 2.81 bits per heavy atom. The lowest BCUT2D eigenvalue weighted by atomic mass is 9.84. The van der Waals surface area contributed by atoms with E-state index in [0.29, 0.717) is 19.4 Å². The van der Waals surface area contributed by atoms with Crippen molar-refractivity contribution >= 4 is 22.7 Å². The minimum atomic E-state index is -0.668. The molecule has 2 heterocycles. The predicted molar refractivity (Wildman–Crippen MR) is 115 cm³/mol. The van der Waals surface area contributed by atoms with Gasteiger partial charge in [-0.3, -0.25) is 9.59 Å². The van der Waals surface area contributed by atoms with E-state index in [1.54, 1.807) is 7.11 Å². The van der Waals surface area contributed by atoms with E-state index in [1.807, 2.05) is 24.3 Å². The number of aromatic amines is 1. The third-order valence-corrected chi connectivity index (χ3v) is 7.39. The summed E-state index contributed by atoms with van der Waals surface area (Å²) in [6.07, 6.45) is 4.46. The van der Waals surface area contributed by atoms with Gasteiger partial charge in [0.15, 0.2) is 0 Å². The molecule has 3 aliphatic rings. The maximum Gasteiger partial charge on any atom is 0.230 e. The standard InChI is InChI=1S/C24H28N4O3/c1-31-21-4-2-3-19-18(21)11-20(28-19)22(16-8-14-7-15(14)9-16)24(30)27-17(12-25)10-13-5-6-26-23(13)29/h2-4,11,13-17,22,28H,5-10H2,1H3,(H,26,29)(H,27,30). The Labute approximate surface area is 181 Å². The highest BCUT2D eigenvalue weighted by Gasteiger charge is 2.50. The lowest BCUT2D eigenvalue weighted by molar-refractivity contribution is -0.126. The average molecular weight is 421 g/mol. The summed E-state index contributed by atoms with van der Waals surface area (Å²) in [6.45, 7) is 0.639. The maximum absolute atomic E-state index is 13.5. The van der Waals surface area contributed by atoms with Crippen molar-refractivity contribution in [3.8, 4) is 11.8 Å². The van der Waals surface area contributed by atoms with E-state index in [-0.39, 0.29) is 29.6 Å². The number of benzene rings is 1. The number of hydrogen-bond acceptors (Lipinski definition) is 4. The van der Waals surface area contributed by atoms with Gasteiger partial charge in [0.25, 0.3) is 0 Å². The van der Waals surface area contributed by atoms with Crippen molar-refractivity contribution in [3.63, 3.8) is 0 Å². The number of rotatable bonds is 7. The number of nitriles is 1. The molecule has 3 N–H and O–H groups in total. The van der Waals surface area contributed by atoms with Crippen LogP contribution in [0.3, 0.4) is 0 Å². The first kappa shape index (κ1) is 19.9. The van der Waals surface area contributed by atoms with Crippen LogP contribution in [0.25, 0.3) is 10.9 Å². The quantitative estimate of drug-likeness (QED) is 0.640. The highest BCUT2D eigenvalue weighted by atomic mass is 16.5. The Balaban J connectivity index is 1.40. The minimum Gasteiger partial charge on any atom is -0.496 e. The van der Waals surface area contributed by atoms with Gasteiger partial charge in [0.1, 0.15) is 11.8 Å². The van der Waals surface area contributed by atoms with E-state index >= 15 is 0 Å². The molecule has 3 fully saturated rings. The maximum atomic E-state index is 13.5. The summed E-state index contributed by atoms with van der Waals surface area (Å²) in [5.41, 5.74) is 1.81. The summed E-state index contributed by atoms with van der Waals surface area (Å²) in [5, 5.41) is 16.4. The zero-order chi connectivity index (χ0) is 21.5. The molecule has 1 saturated heterocycles. The minimum absolute atomic E-state index is 0.0235. The van der Waals surface area contributed by atoms with Gasteiger partial charge in [-0.05, 0) is 68.1 Å². The number of carbonyl (C=O) groups is 2. The van der Waals surface area contributed by atoms with E-state index in [9.17, 15) is 14.9 Å². The Hall–Kier alpha value is -3.01. The molecule has 2 aliphatic carbocycles. The van der Waals surface area contributed by atoms with Gasteiger partial charge in [-0.15, -0.1) is 0 Å². The van der Waals surface area contributed by atoms with Crippen molar-refractivity contribution in [2.24, 2.45) is 23.7 Å². The molecule has 7 nitrogen and oxygen atoms in total. The van der Waals surface area contributed by atoms with E-state index in [0.717, 1.165) is 47.0 Å². The van der Waals surface area contributed by atoms with E-state index in [2.05, 4.69) is 21.7 Å². The Morgan fingerprint density at radius 1 is 1.32 bits per heavy atom. The molecule has 0 bridgehead atoms. The van der Waals surface area contributed by atoms with Crippen LogP contribution in [0.4, 0.5) is 0 Å². The zero-order valence-corrected chi connectivity index (χ0v) is 17.7. The summed E-state index contributed by atoms with van der Waals surface area (Å²) in [6, 6.07) is 9.38.